The number of hydrogen-bond acceptors (Lipinski definition) is 2. The largest absolute Gasteiger partial charge is 0.490 e. The minimum Gasteiger partial charge on any atom is -0.490 e. The summed E-state index contributed by atoms with van der Waals surface area (Å²) < 4.78 is 5.88. The maximum Gasteiger partial charge on any atom is 0.125 e. The molecule has 0 saturated carbocycles. The van der Waals surface area contributed by atoms with Crippen molar-refractivity contribution in [1.82, 2.24) is 5.32 Å². The highest BCUT2D eigenvalue weighted by Crippen LogP contribution is 2.27. The van der Waals surface area contributed by atoms with Gasteiger partial charge >= 0.3 is 0 Å². The number of halogens is 1. The molecule has 1 unspecified atom stereocenters. The molecule has 2 nitrogen and oxygen atoms in total. The van der Waals surface area contributed by atoms with Gasteiger partial charge in [0.05, 0.1) is 6.10 Å². The van der Waals surface area contributed by atoms with Crippen LogP contribution in [-0.4, -0.2) is 12.1 Å². The summed E-state index contributed by atoms with van der Waals surface area (Å²) >= 11 is 6.22. The Hall–Kier alpha value is -0.730. The van der Waals surface area contributed by atoms with Gasteiger partial charge in [-0.15, -0.1) is 0 Å². The van der Waals surface area contributed by atoms with E-state index in [1.165, 1.54) is 0 Å². The lowest BCUT2D eigenvalue weighted by atomic mass is 10.2. The second kappa shape index (κ2) is 6.87. The van der Waals surface area contributed by atoms with Gasteiger partial charge in [0, 0.05) is 23.2 Å². The number of rotatable bonds is 6. The zero-order chi connectivity index (χ0) is 12.8. The summed E-state index contributed by atoms with van der Waals surface area (Å²) in [7, 11) is 0. The van der Waals surface area contributed by atoms with Crippen LogP contribution in [0, 0.1) is 0 Å². The van der Waals surface area contributed by atoms with Crippen molar-refractivity contribution >= 4 is 11.6 Å². The molecule has 96 valence electrons. The molecule has 1 aromatic rings. The molecule has 0 saturated heterocycles. The van der Waals surface area contributed by atoms with Crippen molar-refractivity contribution in [2.45, 2.75) is 52.8 Å². The van der Waals surface area contributed by atoms with E-state index in [2.05, 4.69) is 33.0 Å². The van der Waals surface area contributed by atoms with Gasteiger partial charge in [-0.2, -0.15) is 0 Å². The van der Waals surface area contributed by atoms with E-state index in [1.807, 2.05) is 18.2 Å². The van der Waals surface area contributed by atoms with Crippen molar-refractivity contribution in [3.63, 3.8) is 0 Å². The van der Waals surface area contributed by atoms with Crippen LogP contribution in [0.4, 0.5) is 0 Å². The fourth-order valence-electron chi connectivity index (χ4n) is 1.43. The lowest BCUT2D eigenvalue weighted by Gasteiger charge is -2.18. The van der Waals surface area contributed by atoms with Crippen molar-refractivity contribution in [3.8, 4) is 5.75 Å². The molecule has 0 aliphatic rings. The van der Waals surface area contributed by atoms with Gasteiger partial charge in [-0.25, -0.2) is 0 Å². The lowest BCUT2D eigenvalue weighted by Crippen LogP contribution is -2.23. The number of ether oxygens (including phenoxy) is 1. The van der Waals surface area contributed by atoms with Crippen LogP contribution < -0.4 is 10.1 Å². The summed E-state index contributed by atoms with van der Waals surface area (Å²) in [6.45, 7) is 9.16. The maximum absolute atomic E-state index is 6.22. The van der Waals surface area contributed by atoms with Gasteiger partial charge in [-0.1, -0.05) is 38.4 Å². The number of hydrogen-bond donors (Lipinski definition) is 1. The first-order chi connectivity index (χ1) is 8.04. The third-order valence-electron chi connectivity index (χ3n) is 2.67. The fourth-order valence-corrected chi connectivity index (χ4v) is 1.66. The third-order valence-corrected chi connectivity index (χ3v) is 3.02. The normalized spacial score (nSPS) is 12.8. The quantitative estimate of drug-likeness (QED) is 0.829. The Balaban J connectivity index is 2.84. The van der Waals surface area contributed by atoms with Gasteiger partial charge in [0.1, 0.15) is 5.75 Å². The van der Waals surface area contributed by atoms with E-state index in [0.29, 0.717) is 6.04 Å². The van der Waals surface area contributed by atoms with E-state index in [1.54, 1.807) is 0 Å². The van der Waals surface area contributed by atoms with E-state index >= 15 is 0 Å². The molecule has 1 atom stereocenters. The molecule has 0 fully saturated rings. The highest BCUT2D eigenvalue weighted by molar-refractivity contribution is 6.31. The molecule has 0 spiro atoms. The van der Waals surface area contributed by atoms with E-state index < -0.39 is 0 Å². The van der Waals surface area contributed by atoms with Crippen molar-refractivity contribution < 1.29 is 4.74 Å². The molecule has 3 heteroatoms. The molecular formula is C14H22ClNO. The standard InChI is InChI=1S/C14H22ClNO/c1-5-11(4)17-14-8-6-7-13(15)12(14)9-16-10(2)3/h6-8,10-11,16H,5,9H2,1-4H3. The highest BCUT2D eigenvalue weighted by Gasteiger charge is 2.10. The Bertz CT molecular complexity index is 352. The van der Waals surface area contributed by atoms with Gasteiger partial charge in [0.15, 0.2) is 0 Å². The number of benzene rings is 1. The molecule has 1 N–H and O–H groups in total. The van der Waals surface area contributed by atoms with Gasteiger partial charge in [0.2, 0.25) is 0 Å². The first-order valence-electron chi connectivity index (χ1n) is 6.22. The average molecular weight is 256 g/mol. The van der Waals surface area contributed by atoms with Crippen molar-refractivity contribution in [2.75, 3.05) is 0 Å². The Kier molecular flexibility index (Phi) is 5.79. The van der Waals surface area contributed by atoms with Crippen LogP contribution in [0.15, 0.2) is 18.2 Å². The van der Waals surface area contributed by atoms with Crippen molar-refractivity contribution in [1.29, 1.82) is 0 Å². The number of nitrogens with one attached hydrogen (secondary N) is 1. The molecule has 1 rings (SSSR count). The molecular weight excluding hydrogens is 234 g/mol. The van der Waals surface area contributed by atoms with Crippen LogP contribution in [0.1, 0.15) is 39.7 Å². The molecule has 0 heterocycles. The van der Waals surface area contributed by atoms with Gasteiger partial charge in [-0.05, 0) is 25.5 Å². The molecule has 0 aromatic heterocycles. The first-order valence-corrected chi connectivity index (χ1v) is 6.59. The molecule has 0 amide bonds. The highest BCUT2D eigenvalue weighted by atomic mass is 35.5. The summed E-state index contributed by atoms with van der Waals surface area (Å²) in [5.41, 5.74) is 1.04. The molecule has 0 aliphatic carbocycles. The van der Waals surface area contributed by atoms with Gasteiger partial charge < -0.3 is 10.1 Å². The second-order valence-electron chi connectivity index (χ2n) is 4.59. The lowest BCUT2D eigenvalue weighted by molar-refractivity contribution is 0.215. The minimum absolute atomic E-state index is 0.214. The predicted octanol–water partition coefficient (Wildman–Crippen LogP) is 4.02. The molecule has 0 aliphatic heterocycles. The summed E-state index contributed by atoms with van der Waals surface area (Å²) in [4.78, 5) is 0. The van der Waals surface area contributed by atoms with Crippen LogP contribution in [0.5, 0.6) is 5.75 Å². The molecule has 17 heavy (non-hydrogen) atoms. The summed E-state index contributed by atoms with van der Waals surface area (Å²) in [5.74, 6) is 0.889. The maximum atomic E-state index is 6.22. The van der Waals surface area contributed by atoms with Crippen molar-refractivity contribution in [3.05, 3.63) is 28.8 Å². The Morgan fingerprint density at radius 1 is 1.29 bits per heavy atom. The third kappa shape index (κ3) is 4.57. The first kappa shape index (κ1) is 14.3. The zero-order valence-electron chi connectivity index (χ0n) is 11.1. The second-order valence-corrected chi connectivity index (χ2v) is 5.00. The van der Waals surface area contributed by atoms with Gasteiger partial charge in [-0.3, -0.25) is 0 Å². The van der Waals surface area contributed by atoms with Crippen LogP contribution in [0.2, 0.25) is 5.02 Å². The molecule has 1 aromatic carbocycles. The van der Waals surface area contributed by atoms with Crippen LogP contribution >= 0.6 is 11.6 Å². The summed E-state index contributed by atoms with van der Waals surface area (Å²) in [6, 6.07) is 6.25. The van der Waals surface area contributed by atoms with Gasteiger partial charge in [0.25, 0.3) is 0 Å². The predicted molar refractivity (Wildman–Crippen MR) is 73.8 cm³/mol. The van der Waals surface area contributed by atoms with E-state index in [-0.39, 0.29) is 6.10 Å². The topological polar surface area (TPSA) is 21.3 Å². The van der Waals surface area contributed by atoms with Crippen LogP contribution in [0.25, 0.3) is 0 Å². The monoisotopic (exact) mass is 255 g/mol. The van der Waals surface area contributed by atoms with Crippen molar-refractivity contribution in [2.24, 2.45) is 0 Å². The van der Waals surface area contributed by atoms with Crippen LogP contribution in [0.3, 0.4) is 0 Å². The van der Waals surface area contributed by atoms with E-state index in [9.17, 15) is 0 Å². The fraction of sp³-hybridized carbons (Fsp3) is 0.571. The van der Waals surface area contributed by atoms with E-state index in [4.69, 9.17) is 16.3 Å². The smallest absolute Gasteiger partial charge is 0.125 e. The van der Waals surface area contributed by atoms with E-state index in [0.717, 1.165) is 29.3 Å². The minimum atomic E-state index is 0.214. The zero-order valence-corrected chi connectivity index (χ0v) is 11.8. The van der Waals surface area contributed by atoms with Crippen LogP contribution in [-0.2, 0) is 6.54 Å². The molecule has 0 radical (unpaired) electrons. The SMILES string of the molecule is CCC(C)Oc1cccc(Cl)c1CNC(C)C. The molecule has 0 bridgehead atoms. The Morgan fingerprint density at radius 2 is 2.00 bits per heavy atom. The summed E-state index contributed by atoms with van der Waals surface area (Å²) in [6.07, 6.45) is 1.20. The summed E-state index contributed by atoms with van der Waals surface area (Å²) in [5, 5.41) is 4.13. The average Bonchev–Trinajstić information content (AvgIpc) is 2.27. The Labute approximate surface area is 109 Å². The Morgan fingerprint density at radius 3 is 2.59 bits per heavy atom.